The highest BCUT2D eigenvalue weighted by atomic mass is 32.2. The molecule has 1 fully saturated rings. The summed E-state index contributed by atoms with van der Waals surface area (Å²) in [5.74, 6) is -1.69. The van der Waals surface area contributed by atoms with Gasteiger partial charge in [0.25, 0.3) is 0 Å². The number of likely N-dealkylation sites (tertiary alicyclic amines) is 1. The number of halogens is 1. The minimum Gasteiger partial charge on any atom is -0.326 e. The first kappa shape index (κ1) is 15.5. The van der Waals surface area contributed by atoms with E-state index < -0.39 is 33.7 Å². The Kier molecular flexibility index (Phi) is 4.08. The molecule has 114 valence electrons. The molecule has 0 aromatic heterocycles. The number of nitrogens with two attached hydrogens (primary N) is 1. The lowest BCUT2D eigenvalue weighted by molar-refractivity contribution is -0.137. The van der Waals surface area contributed by atoms with E-state index in [1.165, 1.54) is 7.05 Å². The zero-order valence-corrected chi connectivity index (χ0v) is 12.0. The van der Waals surface area contributed by atoms with Crippen LogP contribution in [-0.2, 0) is 26.2 Å². The molecule has 2 amide bonds. The number of sulfonamides is 1. The molecule has 2 rings (SSSR count). The summed E-state index contributed by atoms with van der Waals surface area (Å²) in [6.45, 7) is -0.154. The van der Waals surface area contributed by atoms with Crippen LogP contribution in [0.25, 0.3) is 0 Å². The van der Waals surface area contributed by atoms with E-state index in [9.17, 15) is 22.4 Å². The van der Waals surface area contributed by atoms with Crippen LogP contribution in [0.2, 0.25) is 0 Å². The van der Waals surface area contributed by atoms with Gasteiger partial charge < -0.3 is 5.73 Å². The molecule has 1 aromatic carbocycles. The molecule has 1 heterocycles. The summed E-state index contributed by atoms with van der Waals surface area (Å²) in [6.07, 6.45) is -0.237. The van der Waals surface area contributed by atoms with Crippen molar-refractivity contribution in [1.82, 2.24) is 9.62 Å². The van der Waals surface area contributed by atoms with Crippen molar-refractivity contribution >= 4 is 21.8 Å². The zero-order chi connectivity index (χ0) is 15.8. The van der Waals surface area contributed by atoms with Crippen molar-refractivity contribution in [2.24, 2.45) is 5.73 Å². The largest absolute Gasteiger partial charge is 0.326 e. The van der Waals surface area contributed by atoms with Crippen molar-refractivity contribution in [2.45, 2.75) is 23.9 Å². The molecule has 9 heteroatoms. The second-order valence-electron chi connectivity index (χ2n) is 4.63. The van der Waals surface area contributed by atoms with Crippen molar-refractivity contribution in [2.75, 3.05) is 7.05 Å². The predicted molar refractivity (Wildman–Crippen MR) is 70.8 cm³/mol. The Morgan fingerprint density at radius 3 is 2.62 bits per heavy atom. The van der Waals surface area contributed by atoms with Gasteiger partial charge in [-0.1, -0.05) is 0 Å². The summed E-state index contributed by atoms with van der Waals surface area (Å²) < 4.78 is 39.8. The van der Waals surface area contributed by atoms with Gasteiger partial charge in [-0.05, 0) is 18.2 Å². The number of hydrogen-bond acceptors (Lipinski definition) is 5. The van der Waals surface area contributed by atoms with Gasteiger partial charge in [0.1, 0.15) is 11.9 Å². The number of amides is 2. The Morgan fingerprint density at radius 1 is 1.43 bits per heavy atom. The predicted octanol–water partition coefficient (Wildman–Crippen LogP) is -0.680. The molecule has 0 bridgehead atoms. The maximum absolute atomic E-state index is 13.3. The number of rotatable bonds is 4. The number of nitrogens with one attached hydrogen (secondary N) is 1. The van der Waals surface area contributed by atoms with Crippen molar-refractivity contribution in [3.8, 4) is 0 Å². The van der Waals surface area contributed by atoms with Crippen LogP contribution >= 0.6 is 0 Å². The highest BCUT2D eigenvalue weighted by Crippen LogP contribution is 2.18. The normalized spacial score (nSPS) is 19.4. The number of hydrogen-bond donors (Lipinski definition) is 2. The first-order valence-electron chi connectivity index (χ1n) is 6.07. The average Bonchev–Trinajstić information content (AvgIpc) is 2.66. The van der Waals surface area contributed by atoms with Crippen LogP contribution in [0.3, 0.4) is 0 Å². The second-order valence-corrected chi connectivity index (χ2v) is 6.34. The highest BCUT2D eigenvalue weighted by Gasteiger charge is 2.38. The monoisotopic (exact) mass is 315 g/mol. The lowest BCUT2D eigenvalue weighted by Crippen LogP contribution is -2.40. The second kappa shape index (κ2) is 5.51. The molecule has 7 nitrogen and oxygen atoms in total. The smallest absolute Gasteiger partial charge is 0.247 e. The maximum atomic E-state index is 13.3. The third-order valence-corrected chi connectivity index (χ3v) is 4.70. The fourth-order valence-corrected chi connectivity index (χ4v) is 3.22. The Balaban J connectivity index is 2.27. The van der Waals surface area contributed by atoms with Crippen LogP contribution in [0.1, 0.15) is 12.0 Å². The topological polar surface area (TPSA) is 110 Å². The molecule has 0 aliphatic carbocycles. The van der Waals surface area contributed by atoms with Gasteiger partial charge in [-0.15, -0.1) is 0 Å². The van der Waals surface area contributed by atoms with E-state index in [0.29, 0.717) is 0 Å². The van der Waals surface area contributed by atoms with Gasteiger partial charge in [0, 0.05) is 19.2 Å². The summed E-state index contributed by atoms with van der Waals surface area (Å²) >= 11 is 0. The molecule has 1 aromatic rings. The average molecular weight is 315 g/mol. The molecule has 0 spiro atoms. The molecule has 1 saturated heterocycles. The van der Waals surface area contributed by atoms with Crippen molar-refractivity contribution < 1.29 is 22.4 Å². The lowest BCUT2D eigenvalue weighted by atomic mass is 10.2. The minimum atomic E-state index is -4.04. The van der Waals surface area contributed by atoms with Crippen molar-refractivity contribution in [3.05, 3.63) is 29.6 Å². The quantitative estimate of drug-likeness (QED) is 0.715. The van der Waals surface area contributed by atoms with Crippen LogP contribution in [0.4, 0.5) is 4.39 Å². The zero-order valence-electron chi connectivity index (χ0n) is 11.2. The van der Waals surface area contributed by atoms with Gasteiger partial charge in [-0.2, -0.15) is 4.72 Å². The van der Waals surface area contributed by atoms with E-state index in [0.717, 1.165) is 23.1 Å². The summed E-state index contributed by atoms with van der Waals surface area (Å²) in [6, 6.07) is 2.02. The van der Waals surface area contributed by atoms with E-state index in [1.54, 1.807) is 0 Å². The molecule has 0 saturated carbocycles. The number of likely N-dealkylation sites (N-methyl/N-ethyl adjacent to an activating group) is 1. The van der Waals surface area contributed by atoms with Gasteiger partial charge in [0.2, 0.25) is 21.8 Å². The molecular weight excluding hydrogens is 301 g/mol. The van der Waals surface area contributed by atoms with E-state index in [2.05, 4.69) is 4.72 Å². The van der Waals surface area contributed by atoms with Crippen LogP contribution in [-0.4, -0.2) is 38.2 Å². The Morgan fingerprint density at radius 2 is 2.10 bits per heavy atom. The Bertz CT molecular complexity index is 704. The van der Waals surface area contributed by atoms with Gasteiger partial charge in [-0.3, -0.25) is 14.5 Å². The van der Waals surface area contributed by atoms with E-state index in [1.807, 2.05) is 0 Å². The molecule has 1 aliphatic heterocycles. The van der Waals surface area contributed by atoms with Crippen molar-refractivity contribution in [3.63, 3.8) is 0 Å². The first-order chi connectivity index (χ1) is 9.76. The first-order valence-corrected chi connectivity index (χ1v) is 7.56. The van der Waals surface area contributed by atoms with Gasteiger partial charge in [0.05, 0.1) is 11.3 Å². The van der Waals surface area contributed by atoms with Crippen LogP contribution in [0.5, 0.6) is 0 Å². The summed E-state index contributed by atoms with van der Waals surface area (Å²) in [7, 11) is -2.76. The molecule has 1 atom stereocenters. The molecule has 0 radical (unpaired) electrons. The van der Waals surface area contributed by atoms with E-state index >= 15 is 0 Å². The van der Waals surface area contributed by atoms with E-state index in [-0.39, 0.29) is 23.4 Å². The SMILES string of the molecule is CN1C(=O)CC(NS(=O)(=O)c2ccc(F)c(CN)c2)C1=O. The molecule has 1 aliphatic rings. The number of nitrogens with zero attached hydrogens (tertiary/aromatic N) is 1. The van der Waals surface area contributed by atoms with Gasteiger partial charge in [0.15, 0.2) is 0 Å². The van der Waals surface area contributed by atoms with Crippen LogP contribution < -0.4 is 10.5 Å². The van der Waals surface area contributed by atoms with E-state index in [4.69, 9.17) is 5.73 Å². The number of carbonyl (C=O) groups is 2. The standard InChI is InChI=1S/C12H14FN3O4S/c1-16-11(17)5-10(12(16)18)15-21(19,20)8-2-3-9(13)7(4-8)6-14/h2-4,10,15H,5-6,14H2,1H3. The number of imide groups is 1. The summed E-state index contributed by atoms with van der Waals surface area (Å²) in [5.41, 5.74) is 5.37. The van der Waals surface area contributed by atoms with Gasteiger partial charge >= 0.3 is 0 Å². The summed E-state index contributed by atoms with van der Waals surface area (Å²) in [4.78, 5) is 23.7. The third-order valence-electron chi connectivity index (χ3n) is 3.23. The Labute approximate surface area is 121 Å². The van der Waals surface area contributed by atoms with Crippen LogP contribution in [0.15, 0.2) is 23.1 Å². The lowest BCUT2D eigenvalue weighted by Gasteiger charge is -2.12. The highest BCUT2D eigenvalue weighted by molar-refractivity contribution is 7.89. The Hall–Kier alpha value is -1.84. The summed E-state index contributed by atoms with van der Waals surface area (Å²) in [5, 5.41) is 0. The van der Waals surface area contributed by atoms with Gasteiger partial charge in [-0.25, -0.2) is 12.8 Å². The fraction of sp³-hybridized carbons (Fsp3) is 0.333. The third kappa shape index (κ3) is 2.94. The molecule has 21 heavy (non-hydrogen) atoms. The minimum absolute atomic E-state index is 0.0452. The number of benzene rings is 1. The fourth-order valence-electron chi connectivity index (χ4n) is 1.98. The molecule has 1 unspecified atom stereocenters. The maximum Gasteiger partial charge on any atom is 0.247 e. The van der Waals surface area contributed by atoms with Crippen molar-refractivity contribution in [1.29, 1.82) is 0 Å². The molecule has 3 N–H and O–H groups in total. The molecular formula is C12H14FN3O4S. The van der Waals surface area contributed by atoms with Crippen LogP contribution in [0, 0.1) is 5.82 Å². The number of carbonyl (C=O) groups excluding carboxylic acids is 2.